The lowest BCUT2D eigenvalue weighted by Gasteiger charge is -2.12. The zero-order valence-corrected chi connectivity index (χ0v) is 15.0. The zero-order valence-electron chi connectivity index (χ0n) is 14.2. The van der Waals surface area contributed by atoms with Gasteiger partial charge in [0.15, 0.2) is 5.78 Å². The molecule has 2 aromatic heterocycles. The van der Waals surface area contributed by atoms with E-state index in [-0.39, 0.29) is 23.2 Å². The molecule has 0 aliphatic carbocycles. The van der Waals surface area contributed by atoms with Gasteiger partial charge < -0.3 is 5.32 Å². The van der Waals surface area contributed by atoms with Crippen LogP contribution in [0.2, 0.25) is 0 Å². The maximum absolute atomic E-state index is 13.1. The van der Waals surface area contributed by atoms with E-state index in [1.54, 1.807) is 31.2 Å². The van der Waals surface area contributed by atoms with E-state index in [9.17, 15) is 9.59 Å². The molecule has 132 valence electrons. The Bertz CT molecular complexity index is 970. The monoisotopic (exact) mass is 366 g/mol. The van der Waals surface area contributed by atoms with E-state index in [4.69, 9.17) is 0 Å². The third-order valence-corrected chi connectivity index (χ3v) is 5.76. The van der Waals surface area contributed by atoms with Crippen molar-refractivity contribution in [2.75, 3.05) is 12.8 Å². The smallest absolute Gasteiger partial charge is 0.325 e. The van der Waals surface area contributed by atoms with Gasteiger partial charge in [0.05, 0.1) is 16.9 Å². The first-order valence-electron chi connectivity index (χ1n) is 8.33. The molecular formula is C19H18N4O2S. The Morgan fingerprint density at radius 3 is 2.88 bits per heavy atom. The van der Waals surface area contributed by atoms with Gasteiger partial charge in [0, 0.05) is 42.3 Å². The van der Waals surface area contributed by atoms with Gasteiger partial charge in [-0.05, 0) is 17.7 Å². The fraction of sp³-hybridized carbons (Fsp3) is 0.211. The second kappa shape index (κ2) is 6.93. The van der Waals surface area contributed by atoms with Crippen LogP contribution < -0.4 is 10.6 Å². The Morgan fingerprint density at radius 1 is 1.27 bits per heavy atom. The number of benzene rings is 1. The summed E-state index contributed by atoms with van der Waals surface area (Å²) in [4.78, 5) is 29.4. The lowest BCUT2D eigenvalue weighted by atomic mass is 10.0. The van der Waals surface area contributed by atoms with E-state index in [0.29, 0.717) is 11.3 Å². The molecule has 4 rings (SSSR count). The minimum Gasteiger partial charge on any atom is -0.340 e. The van der Waals surface area contributed by atoms with Crippen molar-refractivity contribution >= 4 is 34.5 Å². The van der Waals surface area contributed by atoms with Crippen LogP contribution in [0.15, 0.2) is 55.0 Å². The van der Waals surface area contributed by atoms with Crippen molar-refractivity contribution in [1.82, 2.24) is 20.2 Å². The summed E-state index contributed by atoms with van der Waals surface area (Å²) < 4.78 is 1.49. The van der Waals surface area contributed by atoms with E-state index in [1.165, 1.54) is 4.57 Å². The van der Waals surface area contributed by atoms with Gasteiger partial charge in [0.25, 0.3) is 0 Å². The van der Waals surface area contributed by atoms with Crippen molar-refractivity contribution in [2.24, 2.45) is 0 Å². The normalized spacial score (nSPS) is 19.6. The minimum atomic E-state index is -0.297. The Morgan fingerprint density at radius 2 is 2.12 bits per heavy atom. The van der Waals surface area contributed by atoms with Gasteiger partial charge in [-0.25, -0.2) is 4.79 Å². The van der Waals surface area contributed by atoms with Crippen molar-refractivity contribution in [2.45, 2.75) is 11.4 Å². The predicted molar refractivity (Wildman–Crippen MR) is 102 cm³/mol. The molecule has 1 aliphatic heterocycles. The van der Waals surface area contributed by atoms with Gasteiger partial charge in [-0.2, -0.15) is 0 Å². The number of hydrogen-bond acceptors (Lipinski definition) is 5. The molecule has 0 spiro atoms. The summed E-state index contributed by atoms with van der Waals surface area (Å²) in [5, 5.41) is 6.83. The number of hydrogen-bond donors (Lipinski definition) is 2. The molecule has 1 aliphatic rings. The van der Waals surface area contributed by atoms with E-state index in [1.807, 2.05) is 42.6 Å². The molecule has 0 radical (unpaired) electrons. The van der Waals surface area contributed by atoms with Crippen LogP contribution in [-0.4, -0.2) is 40.2 Å². The van der Waals surface area contributed by atoms with Crippen molar-refractivity contribution in [1.29, 1.82) is 0 Å². The first-order valence-corrected chi connectivity index (χ1v) is 9.38. The molecule has 2 unspecified atom stereocenters. The lowest BCUT2D eigenvalue weighted by Crippen LogP contribution is -2.34. The number of fused-ring (bicyclic) bond motifs is 1. The van der Waals surface area contributed by atoms with E-state index >= 15 is 0 Å². The number of carbonyl (C=O) groups excluding carboxylic acids is 2. The third-order valence-electron chi connectivity index (χ3n) is 4.50. The summed E-state index contributed by atoms with van der Waals surface area (Å²) in [7, 11) is 1.58. The number of pyridine rings is 1. The number of aromatic nitrogens is 2. The minimum absolute atomic E-state index is 0.00254. The summed E-state index contributed by atoms with van der Waals surface area (Å²) in [5.74, 6) is 0.681. The molecule has 6 nitrogen and oxygen atoms in total. The molecule has 3 heterocycles. The number of nitrogens with zero attached hydrogens (tertiary/aromatic N) is 2. The highest BCUT2D eigenvalue weighted by Crippen LogP contribution is 2.34. The van der Waals surface area contributed by atoms with E-state index in [0.717, 1.165) is 16.5 Å². The van der Waals surface area contributed by atoms with Crippen LogP contribution in [0.5, 0.6) is 0 Å². The van der Waals surface area contributed by atoms with Crippen LogP contribution in [0.25, 0.3) is 10.9 Å². The molecule has 26 heavy (non-hydrogen) atoms. The second-order valence-corrected chi connectivity index (χ2v) is 7.21. The number of rotatable bonds is 3. The molecule has 2 N–H and O–H groups in total. The second-order valence-electron chi connectivity index (χ2n) is 6.07. The largest absolute Gasteiger partial charge is 0.340 e. The van der Waals surface area contributed by atoms with Crippen molar-refractivity contribution < 1.29 is 9.59 Å². The van der Waals surface area contributed by atoms with Gasteiger partial charge in [-0.1, -0.05) is 24.3 Å². The summed E-state index contributed by atoms with van der Waals surface area (Å²) in [6.45, 7) is 0. The molecule has 1 fully saturated rings. The summed E-state index contributed by atoms with van der Waals surface area (Å²) in [6.07, 6.45) is 5.18. The van der Waals surface area contributed by atoms with Gasteiger partial charge in [0.1, 0.15) is 0 Å². The Hall–Kier alpha value is -2.64. The standard InChI is InChI=1S/C19H18N4O2S/c1-20-19(25)23-10-14(13-6-2-3-7-16(13)23)17(24)15-11-26-18(22-15)12-5-4-8-21-9-12/h2-10,15,18,22H,11H2,1H3,(H,20,25). The molecule has 0 bridgehead atoms. The van der Waals surface area contributed by atoms with Crippen LogP contribution >= 0.6 is 11.8 Å². The average Bonchev–Trinajstić information content (AvgIpc) is 3.33. The van der Waals surface area contributed by atoms with Crippen LogP contribution in [0, 0.1) is 0 Å². The van der Waals surface area contributed by atoms with Gasteiger partial charge in [0.2, 0.25) is 0 Å². The first-order chi connectivity index (χ1) is 12.7. The molecule has 0 saturated carbocycles. The van der Waals surface area contributed by atoms with Crippen LogP contribution in [-0.2, 0) is 0 Å². The lowest BCUT2D eigenvalue weighted by molar-refractivity contribution is 0.0957. The van der Waals surface area contributed by atoms with Crippen LogP contribution in [0.3, 0.4) is 0 Å². The molecule has 1 amide bonds. The van der Waals surface area contributed by atoms with Crippen LogP contribution in [0.1, 0.15) is 21.3 Å². The summed E-state index contributed by atoms with van der Waals surface area (Å²) >= 11 is 1.69. The Balaban J connectivity index is 1.64. The molecule has 2 atom stereocenters. The highest BCUT2D eigenvalue weighted by atomic mass is 32.2. The topological polar surface area (TPSA) is 76.0 Å². The van der Waals surface area contributed by atoms with Gasteiger partial charge in [-0.3, -0.25) is 19.7 Å². The quantitative estimate of drug-likeness (QED) is 0.697. The number of para-hydroxylation sites is 1. The fourth-order valence-corrected chi connectivity index (χ4v) is 4.42. The Labute approximate surface area is 155 Å². The maximum Gasteiger partial charge on any atom is 0.325 e. The summed E-state index contributed by atoms with van der Waals surface area (Å²) in [5.41, 5.74) is 2.35. The molecule has 1 aromatic carbocycles. The number of carbonyl (C=O) groups is 2. The molecular weight excluding hydrogens is 348 g/mol. The van der Waals surface area contributed by atoms with E-state index < -0.39 is 0 Å². The molecule has 1 saturated heterocycles. The average molecular weight is 366 g/mol. The molecule has 3 aromatic rings. The fourth-order valence-electron chi connectivity index (χ4n) is 3.20. The number of nitrogens with one attached hydrogen (secondary N) is 2. The zero-order chi connectivity index (χ0) is 18.1. The third kappa shape index (κ3) is 2.89. The van der Waals surface area contributed by atoms with Crippen molar-refractivity contribution in [3.63, 3.8) is 0 Å². The number of ketones is 1. The van der Waals surface area contributed by atoms with E-state index in [2.05, 4.69) is 15.6 Å². The summed E-state index contributed by atoms with van der Waals surface area (Å²) in [6, 6.07) is 10.8. The highest BCUT2D eigenvalue weighted by molar-refractivity contribution is 7.99. The Kier molecular flexibility index (Phi) is 4.48. The van der Waals surface area contributed by atoms with Crippen molar-refractivity contribution in [3.8, 4) is 0 Å². The van der Waals surface area contributed by atoms with Crippen molar-refractivity contribution in [3.05, 3.63) is 66.1 Å². The first kappa shape index (κ1) is 16.8. The maximum atomic E-state index is 13.1. The predicted octanol–water partition coefficient (Wildman–Crippen LogP) is 2.81. The number of Topliss-reactive ketones (excluding diaryl/α,β-unsaturated/α-hetero) is 1. The number of thioether (sulfide) groups is 1. The highest BCUT2D eigenvalue weighted by Gasteiger charge is 2.32. The number of amides is 1. The van der Waals surface area contributed by atoms with Gasteiger partial charge in [-0.15, -0.1) is 11.8 Å². The SMILES string of the molecule is CNC(=O)n1cc(C(=O)C2CSC(c3cccnc3)N2)c2ccccc21. The van der Waals surface area contributed by atoms with Gasteiger partial charge >= 0.3 is 6.03 Å². The molecule has 7 heteroatoms. The van der Waals surface area contributed by atoms with Crippen LogP contribution in [0.4, 0.5) is 4.79 Å².